The minimum atomic E-state index is -0.00709. The van der Waals surface area contributed by atoms with E-state index in [9.17, 15) is 0 Å². The number of rotatable bonds is 7. The van der Waals surface area contributed by atoms with Gasteiger partial charge in [-0.15, -0.1) is 22.7 Å². The highest BCUT2D eigenvalue weighted by atomic mass is 32.1. The van der Waals surface area contributed by atoms with E-state index in [0.29, 0.717) is 0 Å². The fraction of sp³-hybridized carbons (Fsp3) is 0.119. The van der Waals surface area contributed by atoms with Crippen molar-refractivity contribution >= 4 is 129 Å². The molecule has 0 saturated carbocycles. The molecule has 4 heteroatoms. The SMILES string of the molecule is CCc1cc(N(c2ccccc2)c2cccc3c2sc2ccccc23)c2cc3c4c(cc(N(c5ccccc5)c5cccc6c5sc5ccccc56)c5ccc1c2c54)CCC3(C)C. The standard InChI is InChI=1S/C59H44N2S2/c1-4-36-33-51(61(39-19-9-6-10-20-39)49-26-16-24-44-42-22-12-14-28-53(42)63-58(44)49)46-35-47-54-37(31-32-59(47,2)3)34-50(45-30-29-40(36)55(46)56(45)54)60(38-17-7-5-8-18-38)48-25-15-23-43-41-21-11-13-27-52(41)62-57(43)48/h5-30,33-35H,4,31-32H2,1-3H3. The number of thiophene rings is 2. The summed E-state index contributed by atoms with van der Waals surface area (Å²) in [5, 5.41) is 13.4. The fourth-order valence-corrected chi connectivity index (χ4v) is 13.4. The molecular formula is C59H44N2S2. The molecule has 63 heavy (non-hydrogen) atoms. The van der Waals surface area contributed by atoms with Crippen molar-refractivity contribution < 1.29 is 0 Å². The molecule has 13 rings (SSSR count). The molecule has 10 aromatic carbocycles. The van der Waals surface area contributed by atoms with Crippen molar-refractivity contribution in [3.05, 3.63) is 193 Å². The van der Waals surface area contributed by atoms with E-state index in [4.69, 9.17) is 0 Å². The zero-order valence-corrected chi connectivity index (χ0v) is 37.2. The number of benzene rings is 10. The Labute approximate surface area is 375 Å². The van der Waals surface area contributed by atoms with Gasteiger partial charge in [-0.2, -0.15) is 0 Å². The summed E-state index contributed by atoms with van der Waals surface area (Å²) in [6.45, 7) is 7.27. The van der Waals surface area contributed by atoms with Crippen molar-refractivity contribution in [2.45, 2.75) is 45.4 Å². The van der Waals surface area contributed by atoms with Crippen LogP contribution < -0.4 is 9.80 Å². The van der Waals surface area contributed by atoms with Crippen LogP contribution in [-0.4, -0.2) is 0 Å². The number of hydrogen-bond donors (Lipinski definition) is 0. The molecule has 12 aromatic rings. The van der Waals surface area contributed by atoms with Crippen LogP contribution in [0.15, 0.2) is 176 Å². The Kier molecular flexibility index (Phi) is 8.13. The predicted molar refractivity (Wildman–Crippen MR) is 276 cm³/mol. The van der Waals surface area contributed by atoms with Crippen LogP contribution in [0.3, 0.4) is 0 Å². The van der Waals surface area contributed by atoms with E-state index in [-0.39, 0.29) is 5.41 Å². The van der Waals surface area contributed by atoms with Crippen LogP contribution >= 0.6 is 22.7 Å². The molecule has 0 radical (unpaired) electrons. The first kappa shape index (κ1) is 36.9. The van der Waals surface area contributed by atoms with E-state index in [1.54, 1.807) is 0 Å². The van der Waals surface area contributed by atoms with Gasteiger partial charge in [0.1, 0.15) is 0 Å². The highest BCUT2D eigenvalue weighted by molar-refractivity contribution is 7.26. The maximum absolute atomic E-state index is 2.61. The van der Waals surface area contributed by atoms with Gasteiger partial charge in [-0.25, -0.2) is 0 Å². The average molecular weight is 845 g/mol. The second-order valence-corrected chi connectivity index (χ2v) is 20.1. The van der Waals surface area contributed by atoms with Gasteiger partial charge in [0.25, 0.3) is 0 Å². The van der Waals surface area contributed by atoms with Crippen molar-refractivity contribution in [3.63, 3.8) is 0 Å². The minimum Gasteiger partial charge on any atom is -0.308 e. The van der Waals surface area contributed by atoms with Crippen LogP contribution in [-0.2, 0) is 18.3 Å². The molecule has 0 aliphatic heterocycles. The Balaban J connectivity index is 1.17. The largest absolute Gasteiger partial charge is 0.308 e. The zero-order chi connectivity index (χ0) is 42.0. The summed E-state index contributed by atoms with van der Waals surface area (Å²) in [7, 11) is 0. The summed E-state index contributed by atoms with van der Waals surface area (Å²) in [6, 6.07) is 66.2. The monoisotopic (exact) mass is 844 g/mol. The molecule has 0 atom stereocenters. The summed E-state index contributed by atoms with van der Waals surface area (Å²) >= 11 is 3.81. The van der Waals surface area contributed by atoms with E-state index in [1.165, 1.54) is 123 Å². The molecule has 1 aliphatic carbocycles. The van der Waals surface area contributed by atoms with Crippen LogP contribution in [0.1, 0.15) is 43.9 Å². The van der Waals surface area contributed by atoms with Gasteiger partial charge in [-0.05, 0) is 124 Å². The van der Waals surface area contributed by atoms with Gasteiger partial charge in [0, 0.05) is 58.5 Å². The van der Waals surface area contributed by atoms with Crippen molar-refractivity contribution in [3.8, 4) is 0 Å². The van der Waals surface area contributed by atoms with E-state index in [1.807, 2.05) is 22.7 Å². The Morgan fingerprint density at radius 1 is 0.444 bits per heavy atom. The second kappa shape index (κ2) is 13.9. The number of aryl methyl sites for hydroxylation is 2. The maximum Gasteiger partial charge on any atom is 0.0640 e. The first-order chi connectivity index (χ1) is 31.0. The van der Waals surface area contributed by atoms with Gasteiger partial charge < -0.3 is 9.80 Å². The van der Waals surface area contributed by atoms with Crippen molar-refractivity contribution in [1.29, 1.82) is 0 Å². The van der Waals surface area contributed by atoms with Crippen molar-refractivity contribution in [1.82, 2.24) is 0 Å². The third-order valence-electron chi connectivity index (χ3n) is 14.0. The van der Waals surface area contributed by atoms with E-state index < -0.39 is 0 Å². The number of hydrogen-bond acceptors (Lipinski definition) is 4. The molecule has 0 spiro atoms. The van der Waals surface area contributed by atoms with Crippen LogP contribution in [0.4, 0.5) is 34.1 Å². The lowest BCUT2D eigenvalue weighted by Gasteiger charge is -2.37. The second-order valence-electron chi connectivity index (χ2n) is 18.0. The first-order valence-electron chi connectivity index (χ1n) is 22.3. The predicted octanol–water partition coefficient (Wildman–Crippen LogP) is 18.0. The number of anilines is 6. The topological polar surface area (TPSA) is 6.48 Å². The van der Waals surface area contributed by atoms with Crippen molar-refractivity contribution in [2.75, 3.05) is 9.80 Å². The lowest BCUT2D eigenvalue weighted by molar-refractivity contribution is 0.475. The number of para-hydroxylation sites is 2. The van der Waals surface area contributed by atoms with Gasteiger partial charge in [0.15, 0.2) is 0 Å². The quantitative estimate of drug-likeness (QED) is 0.148. The summed E-state index contributed by atoms with van der Waals surface area (Å²) in [4.78, 5) is 5.14. The Bertz CT molecular complexity index is 3760. The van der Waals surface area contributed by atoms with Gasteiger partial charge in [-0.3, -0.25) is 0 Å². The Morgan fingerprint density at radius 3 is 1.56 bits per heavy atom. The van der Waals surface area contributed by atoms with Gasteiger partial charge in [-0.1, -0.05) is 130 Å². The van der Waals surface area contributed by atoms with Crippen LogP contribution in [0.25, 0.3) is 72.7 Å². The molecule has 0 fully saturated rings. The lowest BCUT2D eigenvalue weighted by atomic mass is 9.70. The maximum atomic E-state index is 2.61. The zero-order valence-electron chi connectivity index (χ0n) is 35.6. The molecule has 2 heterocycles. The van der Waals surface area contributed by atoms with E-state index >= 15 is 0 Å². The molecular weight excluding hydrogens is 801 g/mol. The van der Waals surface area contributed by atoms with E-state index in [0.717, 1.165) is 19.3 Å². The molecule has 2 nitrogen and oxygen atoms in total. The smallest absolute Gasteiger partial charge is 0.0640 e. The fourth-order valence-electron chi connectivity index (χ4n) is 11.0. The normalized spacial score (nSPS) is 13.7. The molecule has 1 aliphatic rings. The summed E-state index contributed by atoms with van der Waals surface area (Å²) in [6.07, 6.45) is 3.05. The third kappa shape index (κ3) is 5.41. The highest BCUT2D eigenvalue weighted by Crippen LogP contribution is 2.55. The summed E-state index contributed by atoms with van der Waals surface area (Å²) in [5.41, 5.74) is 11.5. The van der Waals surface area contributed by atoms with Gasteiger partial charge >= 0.3 is 0 Å². The lowest BCUT2D eigenvalue weighted by Crippen LogP contribution is -2.24. The Hall–Kier alpha value is -6.72. The van der Waals surface area contributed by atoms with E-state index in [2.05, 4.69) is 206 Å². The molecule has 0 saturated heterocycles. The summed E-state index contributed by atoms with van der Waals surface area (Å²) in [5.74, 6) is 0. The van der Waals surface area contributed by atoms with Gasteiger partial charge in [0.05, 0.1) is 32.1 Å². The average Bonchev–Trinajstić information content (AvgIpc) is 3.91. The first-order valence-corrected chi connectivity index (χ1v) is 23.9. The third-order valence-corrected chi connectivity index (χ3v) is 16.4. The number of fused-ring (bicyclic) bond motifs is 6. The molecule has 2 aromatic heterocycles. The van der Waals surface area contributed by atoms with Crippen LogP contribution in [0.5, 0.6) is 0 Å². The molecule has 0 unspecified atom stereocenters. The Morgan fingerprint density at radius 2 is 0.968 bits per heavy atom. The highest BCUT2D eigenvalue weighted by Gasteiger charge is 2.34. The van der Waals surface area contributed by atoms with Gasteiger partial charge in [0.2, 0.25) is 0 Å². The van der Waals surface area contributed by atoms with Crippen molar-refractivity contribution in [2.24, 2.45) is 0 Å². The van der Waals surface area contributed by atoms with Crippen LogP contribution in [0.2, 0.25) is 0 Å². The molecule has 0 bridgehead atoms. The molecule has 0 amide bonds. The number of nitrogens with zero attached hydrogens (tertiary/aromatic N) is 2. The van der Waals surface area contributed by atoms with Crippen LogP contribution in [0, 0.1) is 0 Å². The minimum absolute atomic E-state index is 0.00709. The molecule has 302 valence electrons. The summed E-state index contributed by atoms with van der Waals surface area (Å²) < 4.78 is 5.26. The molecule has 0 N–H and O–H groups in total.